The molecule has 0 aromatic rings. The molecule has 354 valence electrons. The van der Waals surface area contributed by atoms with Crippen molar-refractivity contribution in [3.63, 3.8) is 0 Å². The zero-order valence-electron chi connectivity index (χ0n) is 37.7. The quantitative estimate of drug-likeness (QED) is 0.0148. The van der Waals surface area contributed by atoms with E-state index >= 15 is 0 Å². The van der Waals surface area contributed by atoms with Gasteiger partial charge in [0.25, 0.3) is 0 Å². The van der Waals surface area contributed by atoms with Gasteiger partial charge >= 0.3 is 13.8 Å². The van der Waals surface area contributed by atoms with Crippen molar-refractivity contribution in [3.8, 4) is 0 Å². The number of rotatable bonds is 39. The van der Waals surface area contributed by atoms with Gasteiger partial charge in [0, 0.05) is 13.0 Å². The number of unbranched alkanes of at least 4 members (excludes halogenated alkanes) is 17. The Morgan fingerprint density at radius 1 is 0.541 bits per heavy atom. The minimum atomic E-state index is -5.03. The maximum absolute atomic E-state index is 12.8. The van der Waals surface area contributed by atoms with E-state index in [1.807, 2.05) is 0 Å². The van der Waals surface area contributed by atoms with Gasteiger partial charge < -0.3 is 39.9 Å². The summed E-state index contributed by atoms with van der Waals surface area (Å²) in [6.07, 6.45) is 35.7. The lowest BCUT2D eigenvalue weighted by Crippen LogP contribution is -2.64. The smallest absolute Gasteiger partial charge is 0.457 e. The molecule has 1 saturated carbocycles. The van der Waals surface area contributed by atoms with Crippen molar-refractivity contribution in [1.82, 2.24) is 0 Å². The van der Waals surface area contributed by atoms with Gasteiger partial charge in [-0.2, -0.15) is 0 Å². The molecule has 1 fully saturated rings. The van der Waals surface area contributed by atoms with E-state index in [2.05, 4.69) is 74.6 Å². The van der Waals surface area contributed by atoms with Crippen LogP contribution in [0.25, 0.3) is 0 Å². The van der Waals surface area contributed by atoms with Gasteiger partial charge in [-0.25, -0.2) is 4.57 Å². The summed E-state index contributed by atoms with van der Waals surface area (Å²) in [6, 6.07) is 0. The lowest BCUT2D eigenvalue weighted by atomic mass is 9.85. The molecule has 1 rings (SSSR count). The lowest BCUT2D eigenvalue weighted by molar-refractivity contribution is -0.220. The van der Waals surface area contributed by atoms with Crippen LogP contribution in [0.2, 0.25) is 0 Å². The monoisotopic (exact) mass is 885 g/mol. The average molecular weight is 885 g/mol. The second kappa shape index (κ2) is 38.5. The first kappa shape index (κ1) is 57.1. The maximum atomic E-state index is 12.8. The number of ether oxygens (including phenoxy) is 2. The van der Waals surface area contributed by atoms with Gasteiger partial charge in [0.15, 0.2) is 0 Å². The van der Waals surface area contributed by atoms with Crippen molar-refractivity contribution in [2.24, 2.45) is 0 Å². The van der Waals surface area contributed by atoms with E-state index in [0.717, 1.165) is 96.3 Å². The molecule has 1 aliphatic rings. The van der Waals surface area contributed by atoms with Crippen LogP contribution in [0.3, 0.4) is 0 Å². The third-order valence-corrected chi connectivity index (χ3v) is 11.6. The van der Waals surface area contributed by atoms with Crippen LogP contribution in [0.5, 0.6) is 0 Å². The minimum Gasteiger partial charge on any atom is -0.457 e. The maximum Gasteiger partial charge on any atom is 0.472 e. The van der Waals surface area contributed by atoms with Gasteiger partial charge in [-0.3, -0.25) is 13.8 Å². The molecule has 0 aliphatic heterocycles. The summed E-state index contributed by atoms with van der Waals surface area (Å²) in [5.41, 5.74) is 0. The van der Waals surface area contributed by atoms with Gasteiger partial charge in [0.2, 0.25) is 0 Å². The first-order chi connectivity index (χ1) is 29.5. The van der Waals surface area contributed by atoms with Crippen molar-refractivity contribution in [2.75, 3.05) is 19.8 Å². The largest absolute Gasteiger partial charge is 0.472 e. The molecule has 0 amide bonds. The first-order valence-electron chi connectivity index (χ1n) is 23.6. The van der Waals surface area contributed by atoms with E-state index in [1.165, 1.54) is 51.4 Å². The van der Waals surface area contributed by atoms with Crippen LogP contribution in [0, 0.1) is 0 Å². The Hall–Kier alpha value is -1.96. The van der Waals surface area contributed by atoms with Crippen molar-refractivity contribution >= 4 is 13.8 Å². The fourth-order valence-electron chi connectivity index (χ4n) is 6.87. The summed E-state index contributed by atoms with van der Waals surface area (Å²) in [5.74, 6) is -0.495. The molecule has 0 radical (unpaired) electrons. The Labute approximate surface area is 368 Å². The van der Waals surface area contributed by atoms with Gasteiger partial charge in [-0.05, 0) is 77.0 Å². The Balaban J connectivity index is 2.40. The number of aliphatic hydroxyl groups is 5. The fourth-order valence-corrected chi connectivity index (χ4v) is 7.84. The lowest BCUT2D eigenvalue weighted by Gasteiger charge is -2.41. The topological polar surface area (TPSA) is 192 Å². The highest BCUT2D eigenvalue weighted by atomic mass is 31.2. The van der Waals surface area contributed by atoms with Crippen LogP contribution >= 0.6 is 7.82 Å². The predicted octanol–water partition coefficient (Wildman–Crippen LogP) is 9.81. The zero-order valence-corrected chi connectivity index (χ0v) is 38.6. The molecular weight excluding hydrogens is 799 g/mol. The summed E-state index contributed by atoms with van der Waals surface area (Å²) >= 11 is 0. The van der Waals surface area contributed by atoms with Crippen LogP contribution < -0.4 is 0 Å². The summed E-state index contributed by atoms with van der Waals surface area (Å²) in [4.78, 5) is 23.2. The third kappa shape index (κ3) is 30.7. The molecule has 0 spiro atoms. The molecule has 6 atom stereocenters. The number of hydrogen-bond acceptors (Lipinski definition) is 11. The molecular formula is C48H85O12P. The highest BCUT2D eigenvalue weighted by molar-refractivity contribution is 7.47. The SMILES string of the molecule is CC/C=C\C/C=C\C/C=C\C/C=C\CCCCCCCCC(=O)OC(COCCCCCCCC/C=C\CCCCCCC)COP(=O)(O)OC1C(O)C(O)C(O)C(O)C1O. The molecule has 0 bridgehead atoms. The van der Waals surface area contributed by atoms with Crippen molar-refractivity contribution in [1.29, 1.82) is 0 Å². The Bertz CT molecular complexity index is 1240. The first-order valence-corrected chi connectivity index (χ1v) is 25.1. The Morgan fingerprint density at radius 3 is 1.49 bits per heavy atom. The summed E-state index contributed by atoms with van der Waals surface area (Å²) in [7, 11) is -5.03. The molecule has 0 aromatic carbocycles. The number of carbonyl (C=O) groups is 1. The minimum absolute atomic E-state index is 0.0890. The van der Waals surface area contributed by atoms with E-state index in [9.17, 15) is 39.8 Å². The molecule has 61 heavy (non-hydrogen) atoms. The Kier molecular flexibility index (Phi) is 36.0. The van der Waals surface area contributed by atoms with E-state index in [0.29, 0.717) is 13.0 Å². The number of aliphatic hydroxyl groups excluding tert-OH is 5. The number of phosphoric acid groups is 1. The standard InChI is InChI=1S/C48H85O12P/c1-3-5-7-9-11-13-15-17-19-20-21-22-23-25-27-29-31-33-35-37-42(49)59-41(40-58-61(55,56)60-48-46(53)44(51)43(50)45(52)47(48)54)39-57-38-36-34-32-30-28-26-24-18-16-14-12-10-8-6-4-2/h5,7,11,13,16-19,21-22,41,43-48,50-54H,3-4,6,8-10,12,14-15,20,23-40H2,1-2H3,(H,55,56)/b7-5-,13-11-,18-16-,19-17-,22-21-. The van der Waals surface area contributed by atoms with E-state index < -0.39 is 63.1 Å². The average Bonchev–Trinajstić information content (AvgIpc) is 3.24. The van der Waals surface area contributed by atoms with Gasteiger partial charge in [-0.15, -0.1) is 0 Å². The van der Waals surface area contributed by atoms with Crippen LogP contribution in [0.1, 0.15) is 174 Å². The fraction of sp³-hybridized carbons (Fsp3) is 0.771. The third-order valence-electron chi connectivity index (χ3n) is 10.6. The zero-order chi connectivity index (χ0) is 44.8. The summed E-state index contributed by atoms with van der Waals surface area (Å²) in [5, 5.41) is 50.2. The molecule has 0 aromatic heterocycles. The second-order valence-electron chi connectivity index (χ2n) is 16.2. The van der Waals surface area contributed by atoms with Crippen LogP contribution in [0.15, 0.2) is 60.8 Å². The van der Waals surface area contributed by atoms with Crippen LogP contribution in [-0.2, 0) is 27.9 Å². The Morgan fingerprint density at radius 2 is 0.967 bits per heavy atom. The highest BCUT2D eigenvalue weighted by Crippen LogP contribution is 2.47. The van der Waals surface area contributed by atoms with Crippen molar-refractivity contribution < 1.29 is 58.3 Å². The molecule has 13 heteroatoms. The van der Waals surface area contributed by atoms with E-state index in [-0.39, 0.29) is 13.0 Å². The molecule has 6 unspecified atom stereocenters. The van der Waals surface area contributed by atoms with E-state index in [4.69, 9.17) is 18.5 Å². The van der Waals surface area contributed by atoms with Crippen LogP contribution in [0.4, 0.5) is 0 Å². The van der Waals surface area contributed by atoms with Gasteiger partial charge in [0.05, 0.1) is 13.2 Å². The molecule has 0 heterocycles. The van der Waals surface area contributed by atoms with Gasteiger partial charge in [0.1, 0.15) is 42.7 Å². The molecule has 1 aliphatic carbocycles. The van der Waals surface area contributed by atoms with Crippen LogP contribution in [-0.4, -0.2) is 98.9 Å². The second-order valence-corrected chi connectivity index (χ2v) is 17.6. The number of carbonyl (C=O) groups excluding carboxylic acids is 1. The molecule has 12 nitrogen and oxygen atoms in total. The highest BCUT2D eigenvalue weighted by Gasteiger charge is 2.51. The van der Waals surface area contributed by atoms with Crippen molar-refractivity contribution in [3.05, 3.63) is 60.8 Å². The number of allylic oxidation sites excluding steroid dienone is 10. The normalized spacial score (nSPS) is 22.7. The number of hydrogen-bond donors (Lipinski definition) is 6. The van der Waals surface area contributed by atoms with Gasteiger partial charge in [-0.1, -0.05) is 152 Å². The number of phosphoric ester groups is 1. The molecule has 0 saturated heterocycles. The number of esters is 1. The van der Waals surface area contributed by atoms with Crippen molar-refractivity contribution in [2.45, 2.75) is 217 Å². The summed E-state index contributed by atoms with van der Waals surface area (Å²) in [6.45, 7) is 4.10. The molecule has 6 N–H and O–H groups in total. The summed E-state index contributed by atoms with van der Waals surface area (Å²) < 4.78 is 34.2. The van der Waals surface area contributed by atoms with E-state index in [1.54, 1.807) is 0 Å². The predicted molar refractivity (Wildman–Crippen MR) is 244 cm³/mol.